The monoisotopic (exact) mass is 249 g/mol. The molecule has 2 fully saturated rings. The molecule has 0 aliphatic carbocycles. The summed E-state index contributed by atoms with van der Waals surface area (Å²) in [6, 6.07) is 10.5. The SMILES string of the molecule is C[C@@]1(c2ccccc2)[NH2+]CCN2C(=O)CS[C@H]21. The minimum absolute atomic E-state index is 0.00363. The molecule has 0 aromatic heterocycles. The molecule has 2 aliphatic rings. The van der Waals surface area contributed by atoms with Gasteiger partial charge in [-0.05, 0) is 6.92 Å². The Kier molecular flexibility index (Phi) is 2.64. The van der Waals surface area contributed by atoms with Gasteiger partial charge in [-0.2, -0.15) is 0 Å². The van der Waals surface area contributed by atoms with E-state index in [4.69, 9.17) is 0 Å². The molecular weight excluding hydrogens is 232 g/mol. The minimum Gasteiger partial charge on any atom is -0.334 e. The number of quaternary nitrogens is 1. The molecule has 2 N–H and O–H groups in total. The fourth-order valence-electron chi connectivity index (χ4n) is 2.85. The summed E-state index contributed by atoms with van der Waals surface area (Å²) in [5.74, 6) is 0.941. The normalized spacial score (nSPS) is 32.6. The largest absolute Gasteiger partial charge is 0.334 e. The van der Waals surface area contributed by atoms with Gasteiger partial charge < -0.3 is 10.2 Å². The molecule has 2 saturated heterocycles. The molecule has 4 heteroatoms. The van der Waals surface area contributed by atoms with Gasteiger partial charge >= 0.3 is 0 Å². The average molecular weight is 249 g/mol. The molecule has 17 heavy (non-hydrogen) atoms. The van der Waals surface area contributed by atoms with Gasteiger partial charge in [-0.25, -0.2) is 0 Å². The van der Waals surface area contributed by atoms with Crippen LogP contribution in [-0.2, 0) is 10.3 Å². The van der Waals surface area contributed by atoms with E-state index in [0.29, 0.717) is 11.7 Å². The third kappa shape index (κ3) is 1.67. The van der Waals surface area contributed by atoms with Crippen LogP contribution in [0, 0.1) is 0 Å². The summed E-state index contributed by atoms with van der Waals surface area (Å²) >= 11 is 1.78. The first-order valence-corrected chi connectivity index (χ1v) is 7.08. The Bertz CT molecular complexity index is 436. The number of nitrogens with zero attached hydrogens (tertiary/aromatic N) is 1. The van der Waals surface area contributed by atoms with Crippen molar-refractivity contribution in [1.82, 2.24) is 4.90 Å². The first kappa shape index (κ1) is 11.1. The lowest BCUT2D eigenvalue weighted by molar-refractivity contribution is -0.743. The minimum atomic E-state index is -0.00363. The highest BCUT2D eigenvalue weighted by molar-refractivity contribution is 8.01. The van der Waals surface area contributed by atoms with Gasteiger partial charge in [0, 0.05) is 5.56 Å². The van der Waals surface area contributed by atoms with Crippen molar-refractivity contribution in [1.29, 1.82) is 0 Å². The van der Waals surface area contributed by atoms with Gasteiger partial charge in [0.05, 0.1) is 18.8 Å². The highest BCUT2D eigenvalue weighted by atomic mass is 32.2. The second kappa shape index (κ2) is 4.03. The predicted octanol–water partition coefficient (Wildman–Crippen LogP) is 0.380. The zero-order valence-electron chi connectivity index (χ0n) is 9.93. The lowest BCUT2D eigenvalue weighted by Gasteiger charge is -2.42. The van der Waals surface area contributed by atoms with E-state index in [0.717, 1.165) is 13.1 Å². The molecule has 1 aromatic rings. The highest BCUT2D eigenvalue weighted by Crippen LogP contribution is 2.37. The van der Waals surface area contributed by atoms with Crippen molar-refractivity contribution in [2.45, 2.75) is 17.8 Å². The van der Waals surface area contributed by atoms with Crippen LogP contribution in [0.1, 0.15) is 12.5 Å². The predicted molar refractivity (Wildman–Crippen MR) is 68.5 cm³/mol. The molecule has 2 heterocycles. The Labute approximate surface area is 106 Å². The first-order valence-electron chi connectivity index (χ1n) is 6.03. The fourth-order valence-corrected chi connectivity index (χ4v) is 4.30. The summed E-state index contributed by atoms with van der Waals surface area (Å²) in [6.45, 7) is 4.14. The van der Waals surface area contributed by atoms with Crippen LogP contribution in [0.4, 0.5) is 0 Å². The molecule has 3 rings (SSSR count). The highest BCUT2D eigenvalue weighted by Gasteiger charge is 2.51. The lowest BCUT2D eigenvalue weighted by Crippen LogP contribution is -3.00. The number of hydrogen-bond acceptors (Lipinski definition) is 2. The van der Waals surface area contributed by atoms with E-state index in [1.807, 2.05) is 6.07 Å². The summed E-state index contributed by atoms with van der Waals surface area (Å²) in [5, 5.41) is 2.67. The van der Waals surface area contributed by atoms with Gasteiger partial charge in [-0.3, -0.25) is 4.79 Å². The summed E-state index contributed by atoms with van der Waals surface area (Å²) in [6.07, 6.45) is 0. The first-order chi connectivity index (χ1) is 8.22. The standard InChI is InChI=1S/C13H16N2OS/c1-13(10-5-3-2-4-6-10)12-15(8-7-14-13)11(16)9-17-12/h2-6,12,14H,7-9H2,1H3/p+1/t12-,13-/m0/s1. The van der Waals surface area contributed by atoms with E-state index in [1.165, 1.54) is 5.56 Å². The molecule has 0 radical (unpaired) electrons. The topological polar surface area (TPSA) is 36.9 Å². The van der Waals surface area contributed by atoms with Gasteiger partial charge in [-0.15, -0.1) is 11.8 Å². The van der Waals surface area contributed by atoms with Gasteiger partial charge in [-0.1, -0.05) is 30.3 Å². The van der Waals surface area contributed by atoms with E-state index < -0.39 is 0 Å². The van der Waals surface area contributed by atoms with Gasteiger partial charge in [0.15, 0.2) is 0 Å². The van der Waals surface area contributed by atoms with Gasteiger partial charge in [0.1, 0.15) is 10.9 Å². The number of carbonyl (C=O) groups is 1. The van der Waals surface area contributed by atoms with E-state index in [2.05, 4.69) is 41.4 Å². The van der Waals surface area contributed by atoms with Crippen LogP contribution in [0.15, 0.2) is 30.3 Å². The van der Waals surface area contributed by atoms with Crippen molar-refractivity contribution in [3.05, 3.63) is 35.9 Å². The van der Waals surface area contributed by atoms with Crippen LogP contribution in [0.25, 0.3) is 0 Å². The number of thioether (sulfide) groups is 1. The molecule has 2 aliphatic heterocycles. The number of benzene rings is 1. The van der Waals surface area contributed by atoms with Crippen LogP contribution in [-0.4, -0.2) is 35.0 Å². The van der Waals surface area contributed by atoms with Crippen molar-refractivity contribution in [2.24, 2.45) is 0 Å². The molecule has 0 bridgehead atoms. The van der Waals surface area contributed by atoms with Crippen LogP contribution >= 0.6 is 11.8 Å². The number of nitrogens with two attached hydrogens (primary N) is 1. The van der Waals surface area contributed by atoms with E-state index in [1.54, 1.807) is 11.8 Å². The van der Waals surface area contributed by atoms with Crippen molar-refractivity contribution < 1.29 is 10.1 Å². The number of amides is 1. The molecule has 3 nitrogen and oxygen atoms in total. The fraction of sp³-hybridized carbons (Fsp3) is 0.462. The van der Waals surface area contributed by atoms with E-state index >= 15 is 0 Å². The third-order valence-corrected chi connectivity index (χ3v) is 5.29. The molecule has 0 spiro atoms. The Balaban J connectivity index is 1.99. The zero-order chi connectivity index (χ0) is 11.9. The Hall–Kier alpha value is -1.000. The molecular formula is C13H17N2OS+. The Morgan fingerprint density at radius 2 is 2.18 bits per heavy atom. The second-order valence-corrected chi connectivity index (χ2v) is 5.96. The van der Waals surface area contributed by atoms with E-state index in [9.17, 15) is 4.79 Å². The van der Waals surface area contributed by atoms with Crippen LogP contribution in [0.3, 0.4) is 0 Å². The van der Waals surface area contributed by atoms with Gasteiger partial charge in [0.25, 0.3) is 0 Å². The van der Waals surface area contributed by atoms with Crippen molar-refractivity contribution in [3.63, 3.8) is 0 Å². The Morgan fingerprint density at radius 1 is 1.41 bits per heavy atom. The lowest BCUT2D eigenvalue weighted by atomic mass is 9.89. The zero-order valence-corrected chi connectivity index (χ0v) is 10.7. The van der Waals surface area contributed by atoms with Crippen molar-refractivity contribution in [2.75, 3.05) is 18.8 Å². The Morgan fingerprint density at radius 3 is 2.94 bits per heavy atom. The molecule has 2 atom stereocenters. The molecule has 1 aromatic carbocycles. The number of fused-ring (bicyclic) bond motifs is 1. The number of rotatable bonds is 1. The second-order valence-electron chi connectivity index (χ2n) is 4.89. The maximum Gasteiger partial charge on any atom is 0.233 e. The van der Waals surface area contributed by atoms with Crippen LogP contribution < -0.4 is 5.32 Å². The maximum absolute atomic E-state index is 11.8. The quantitative estimate of drug-likeness (QED) is 0.781. The van der Waals surface area contributed by atoms with Crippen LogP contribution in [0.5, 0.6) is 0 Å². The molecule has 1 amide bonds. The molecule has 0 unspecified atom stereocenters. The maximum atomic E-state index is 11.8. The number of hydrogen-bond donors (Lipinski definition) is 1. The molecule has 0 saturated carbocycles. The summed E-state index contributed by atoms with van der Waals surface area (Å²) in [5.41, 5.74) is 1.31. The van der Waals surface area contributed by atoms with E-state index in [-0.39, 0.29) is 10.9 Å². The third-order valence-electron chi connectivity index (χ3n) is 3.82. The van der Waals surface area contributed by atoms with Crippen LogP contribution in [0.2, 0.25) is 0 Å². The van der Waals surface area contributed by atoms with Gasteiger partial charge in [0.2, 0.25) is 5.91 Å². The van der Waals surface area contributed by atoms with Crippen molar-refractivity contribution >= 4 is 17.7 Å². The molecule has 90 valence electrons. The number of piperazine rings is 1. The summed E-state index contributed by atoms with van der Waals surface area (Å²) < 4.78 is 0. The summed E-state index contributed by atoms with van der Waals surface area (Å²) in [7, 11) is 0. The summed E-state index contributed by atoms with van der Waals surface area (Å²) in [4.78, 5) is 13.9. The van der Waals surface area contributed by atoms with Crippen molar-refractivity contribution in [3.8, 4) is 0 Å². The average Bonchev–Trinajstić information content (AvgIpc) is 2.74. The number of carbonyl (C=O) groups excluding carboxylic acids is 1. The smallest absolute Gasteiger partial charge is 0.233 e.